The maximum Gasteiger partial charge on any atom is 0.167 e. The molecular weight excluding hydrogens is 286 g/mol. The lowest BCUT2D eigenvalue weighted by Gasteiger charge is -2.13. The van der Waals surface area contributed by atoms with E-state index in [1.807, 2.05) is 31.2 Å². The largest absolute Gasteiger partial charge is 0.496 e. The summed E-state index contributed by atoms with van der Waals surface area (Å²) in [6, 6.07) is 12.7. The molecule has 4 heteroatoms. The third-order valence-corrected chi connectivity index (χ3v) is 3.69. The highest BCUT2D eigenvalue weighted by Gasteiger charge is 2.17. The van der Waals surface area contributed by atoms with Gasteiger partial charge >= 0.3 is 0 Å². The number of carbonyl (C=O) groups is 1. The van der Waals surface area contributed by atoms with Crippen molar-refractivity contribution in [1.82, 2.24) is 0 Å². The number of nitrogens with two attached hydrogens (primary N) is 1. The number of carbonyl (C=O) groups excluding carboxylic acids is 1. The fourth-order valence-electron chi connectivity index (χ4n) is 2.23. The topological polar surface area (TPSA) is 52.3 Å². The van der Waals surface area contributed by atoms with Crippen LogP contribution in [0.5, 0.6) is 5.75 Å². The minimum atomic E-state index is 0.0127. The highest BCUT2D eigenvalue weighted by Crippen LogP contribution is 2.28. The van der Waals surface area contributed by atoms with Gasteiger partial charge in [-0.1, -0.05) is 30.7 Å². The molecule has 0 saturated carbocycles. The maximum atomic E-state index is 12.5. The molecule has 0 aromatic heterocycles. The average Bonchev–Trinajstić information content (AvgIpc) is 2.47. The third-order valence-electron chi connectivity index (χ3n) is 3.46. The summed E-state index contributed by atoms with van der Waals surface area (Å²) in [5.74, 6) is 0.661. The third kappa shape index (κ3) is 3.76. The molecule has 0 amide bonds. The number of benzene rings is 2. The Labute approximate surface area is 129 Å². The number of hydrogen-bond donors (Lipinski definition) is 1. The first-order chi connectivity index (χ1) is 10.0. The molecule has 0 aliphatic heterocycles. The molecule has 0 fully saturated rings. The van der Waals surface area contributed by atoms with E-state index in [-0.39, 0.29) is 11.7 Å². The molecule has 0 saturated heterocycles. The van der Waals surface area contributed by atoms with Crippen LogP contribution in [0.3, 0.4) is 0 Å². The molecule has 110 valence electrons. The number of anilines is 1. The Morgan fingerprint density at radius 2 is 1.90 bits per heavy atom. The summed E-state index contributed by atoms with van der Waals surface area (Å²) in [5, 5.41) is 0.527. The predicted octanol–water partition coefficient (Wildman–Crippen LogP) is 4.31. The summed E-state index contributed by atoms with van der Waals surface area (Å²) < 4.78 is 5.23. The highest BCUT2D eigenvalue weighted by molar-refractivity contribution is 6.31. The predicted molar refractivity (Wildman–Crippen MR) is 86.2 cm³/mol. The van der Waals surface area contributed by atoms with Crippen LogP contribution in [0.25, 0.3) is 0 Å². The van der Waals surface area contributed by atoms with Crippen molar-refractivity contribution < 1.29 is 9.53 Å². The van der Waals surface area contributed by atoms with Crippen molar-refractivity contribution in [2.45, 2.75) is 19.3 Å². The number of nitrogen functional groups attached to an aromatic ring is 1. The van der Waals surface area contributed by atoms with Gasteiger partial charge in [-0.15, -0.1) is 0 Å². The molecule has 2 aromatic carbocycles. The number of ketones is 1. The minimum Gasteiger partial charge on any atom is -0.496 e. The van der Waals surface area contributed by atoms with Crippen LogP contribution >= 0.6 is 11.6 Å². The Morgan fingerprint density at radius 3 is 2.52 bits per heavy atom. The van der Waals surface area contributed by atoms with E-state index in [1.165, 1.54) is 0 Å². The standard InChI is InChI=1S/C17H18ClNO2/c1-11(12-3-6-14(19)7-4-12)9-16(20)15-10-13(18)5-8-17(15)21-2/h3-8,10-11H,9,19H2,1-2H3. The first-order valence-corrected chi connectivity index (χ1v) is 7.11. The van der Waals surface area contributed by atoms with Crippen LogP contribution in [0.1, 0.15) is 35.2 Å². The van der Waals surface area contributed by atoms with E-state index in [2.05, 4.69) is 0 Å². The van der Waals surface area contributed by atoms with E-state index in [0.29, 0.717) is 28.4 Å². The second kappa shape index (κ2) is 6.64. The van der Waals surface area contributed by atoms with Crippen molar-refractivity contribution in [2.75, 3.05) is 12.8 Å². The molecule has 21 heavy (non-hydrogen) atoms. The quantitative estimate of drug-likeness (QED) is 0.661. The Balaban J connectivity index is 2.17. The van der Waals surface area contributed by atoms with Crippen LogP contribution in [-0.2, 0) is 0 Å². The zero-order valence-electron chi connectivity index (χ0n) is 12.1. The van der Waals surface area contributed by atoms with Gasteiger partial charge in [0, 0.05) is 17.1 Å². The lowest BCUT2D eigenvalue weighted by atomic mass is 9.93. The lowest BCUT2D eigenvalue weighted by molar-refractivity contribution is 0.0972. The van der Waals surface area contributed by atoms with Gasteiger partial charge in [-0.3, -0.25) is 4.79 Å². The second-order valence-corrected chi connectivity index (χ2v) is 5.48. The SMILES string of the molecule is COc1ccc(Cl)cc1C(=O)CC(C)c1ccc(N)cc1. The summed E-state index contributed by atoms with van der Waals surface area (Å²) >= 11 is 5.97. The number of rotatable bonds is 5. The summed E-state index contributed by atoms with van der Waals surface area (Å²) in [6.45, 7) is 2.01. The molecular formula is C17H18ClNO2. The van der Waals surface area contributed by atoms with Crippen molar-refractivity contribution in [3.8, 4) is 5.75 Å². The normalized spacial score (nSPS) is 12.0. The van der Waals surface area contributed by atoms with Gasteiger partial charge in [0.25, 0.3) is 0 Å². The summed E-state index contributed by atoms with van der Waals surface area (Å²) in [5.41, 5.74) is 7.99. The van der Waals surface area contributed by atoms with E-state index in [1.54, 1.807) is 25.3 Å². The summed E-state index contributed by atoms with van der Waals surface area (Å²) in [4.78, 5) is 12.5. The fraction of sp³-hybridized carbons (Fsp3) is 0.235. The molecule has 0 aliphatic rings. The van der Waals surface area contributed by atoms with Gasteiger partial charge in [-0.2, -0.15) is 0 Å². The summed E-state index contributed by atoms with van der Waals surface area (Å²) in [6.07, 6.45) is 0.390. The maximum absolute atomic E-state index is 12.5. The molecule has 2 aromatic rings. The Bertz CT molecular complexity index is 638. The van der Waals surface area contributed by atoms with Crippen molar-refractivity contribution in [2.24, 2.45) is 0 Å². The molecule has 2 rings (SSSR count). The van der Waals surface area contributed by atoms with E-state index in [0.717, 1.165) is 5.56 Å². The molecule has 0 heterocycles. The molecule has 1 unspecified atom stereocenters. The molecule has 2 N–H and O–H groups in total. The van der Waals surface area contributed by atoms with Crippen molar-refractivity contribution in [3.63, 3.8) is 0 Å². The van der Waals surface area contributed by atoms with Gasteiger partial charge in [0.1, 0.15) is 5.75 Å². The number of halogens is 1. The molecule has 0 aliphatic carbocycles. The number of ether oxygens (including phenoxy) is 1. The smallest absolute Gasteiger partial charge is 0.167 e. The molecule has 1 atom stereocenters. The number of hydrogen-bond acceptors (Lipinski definition) is 3. The van der Waals surface area contributed by atoms with Gasteiger partial charge in [0.2, 0.25) is 0 Å². The second-order valence-electron chi connectivity index (χ2n) is 5.04. The van der Waals surface area contributed by atoms with E-state index < -0.39 is 0 Å². The van der Waals surface area contributed by atoms with Crippen LogP contribution in [0.2, 0.25) is 5.02 Å². The van der Waals surface area contributed by atoms with Crippen molar-refractivity contribution in [1.29, 1.82) is 0 Å². The average molecular weight is 304 g/mol. The van der Waals surface area contributed by atoms with Crippen LogP contribution in [-0.4, -0.2) is 12.9 Å². The Kier molecular flexibility index (Phi) is 4.86. The molecule has 0 radical (unpaired) electrons. The number of Topliss-reactive ketones (excluding diaryl/α,β-unsaturated/α-hetero) is 1. The zero-order chi connectivity index (χ0) is 15.4. The zero-order valence-corrected chi connectivity index (χ0v) is 12.9. The Hall–Kier alpha value is -2.00. The minimum absolute atomic E-state index is 0.0127. The van der Waals surface area contributed by atoms with Crippen LogP contribution in [0.15, 0.2) is 42.5 Å². The summed E-state index contributed by atoms with van der Waals surface area (Å²) in [7, 11) is 1.55. The van der Waals surface area contributed by atoms with Gasteiger partial charge in [0.05, 0.1) is 12.7 Å². The number of methoxy groups -OCH3 is 1. The van der Waals surface area contributed by atoms with Gasteiger partial charge in [-0.05, 0) is 41.8 Å². The van der Waals surface area contributed by atoms with Crippen LogP contribution < -0.4 is 10.5 Å². The van der Waals surface area contributed by atoms with Crippen molar-refractivity contribution >= 4 is 23.1 Å². The molecule has 0 bridgehead atoms. The van der Waals surface area contributed by atoms with Crippen LogP contribution in [0, 0.1) is 0 Å². The van der Waals surface area contributed by atoms with E-state index in [4.69, 9.17) is 22.1 Å². The van der Waals surface area contributed by atoms with Gasteiger partial charge in [0.15, 0.2) is 5.78 Å². The monoisotopic (exact) mass is 303 g/mol. The van der Waals surface area contributed by atoms with Gasteiger partial charge in [-0.25, -0.2) is 0 Å². The Morgan fingerprint density at radius 1 is 1.24 bits per heavy atom. The van der Waals surface area contributed by atoms with Crippen molar-refractivity contribution in [3.05, 3.63) is 58.6 Å². The van der Waals surface area contributed by atoms with E-state index >= 15 is 0 Å². The van der Waals surface area contributed by atoms with Crippen LogP contribution in [0.4, 0.5) is 5.69 Å². The van der Waals surface area contributed by atoms with E-state index in [9.17, 15) is 4.79 Å². The molecule has 3 nitrogen and oxygen atoms in total. The first kappa shape index (κ1) is 15.4. The highest BCUT2D eigenvalue weighted by atomic mass is 35.5. The fourth-order valence-corrected chi connectivity index (χ4v) is 2.40. The van der Waals surface area contributed by atoms with Gasteiger partial charge < -0.3 is 10.5 Å². The first-order valence-electron chi connectivity index (χ1n) is 6.73. The lowest BCUT2D eigenvalue weighted by Crippen LogP contribution is -2.07. The molecule has 0 spiro atoms.